The predicted molar refractivity (Wildman–Crippen MR) is 125 cm³/mol. The van der Waals surface area contributed by atoms with Gasteiger partial charge in [0.25, 0.3) is 0 Å². The van der Waals surface area contributed by atoms with Crippen molar-refractivity contribution in [3.05, 3.63) is 60.0 Å². The van der Waals surface area contributed by atoms with Crippen molar-refractivity contribution >= 4 is 21.6 Å². The van der Waals surface area contributed by atoms with Gasteiger partial charge in [-0.05, 0) is 62.1 Å². The Bertz CT molecular complexity index is 1200. The van der Waals surface area contributed by atoms with E-state index in [4.69, 9.17) is 4.42 Å². The first kappa shape index (κ1) is 23.1. The van der Waals surface area contributed by atoms with Crippen LogP contribution in [0.1, 0.15) is 37.6 Å². The van der Waals surface area contributed by atoms with Crippen LogP contribution in [0.2, 0.25) is 0 Å². The number of anilines is 1. The zero-order valence-electron chi connectivity index (χ0n) is 18.8. The first-order chi connectivity index (χ1) is 15.8. The lowest BCUT2D eigenvalue weighted by molar-refractivity contribution is -0.116. The molecule has 3 aromatic rings. The van der Waals surface area contributed by atoms with Gasteiger partial charge in [-0.15, -0.1) is 10.2 Å². The Morgan fingerprint density at radius 3 is 2.39 bits per heavy atom. The summed E-state index contributed by atoms with van der Waals surface area (Å²) >= 11 is 0. The Morgan fingerprint density at radius 1 is 1.06 bits per heavy atom. The molecule has 1 amide bonds. The summed E-state index contributed by atoms with van der Waals surface area (Å²) in [7, 11) is -3.51. The van der Waals surface area contributed by atoms with Gasteiger partial charge in [0.1, 0.15) is 0 Å². The van der Waals surface area contributed by atoms with Crippen LogP contribution in [0.3, 0.4) is 0 Å². The highest BCUT2D eigenvalue weighted by atomic mass is 32.2. The van der Waals surface area contributed by atoms with Crippen LogP contribution in [-0.2, 0) is 21.2 Å². The number of nitrogens with zero attached hydrogens (tertiary/aromatic N) is 3. The molecular formula is C24H28N4O4S. The van der Waals surface area contributed by atoms with Gasteiger partial charge in [0.2, 0.25) is 27.7 Å². The number of carbonyl (C=O) groups excluding carboxylic acids is 1. The summed E-state index contributed by atoms with van der Waals surface area (Å²) in [4.78, 5) is 12.6. The van der Waals surface area contributed by atoms with Gasteiger partial charge in [-0.2, -0.15) is 4.31 Å². The summed E-state index contributed by atoms with van der Waals surface area (Å²) in [5, 5.41) is 10.8. The molecule has 0 radical (unpaired) electrons. The minimum absolute atomic E-state index is 0.168. The molecule has 0 bridgehead atoms. The van der Waals surface area contributed by atoms with Crippen LogP contribution in [0, 0.1) is 12.8 Å². The van der Waals surface area contributed by atoms with E-state index in [0.29, 0.717) is 42.9 Å². The average molecular weight is 469 g/mol. The van der Waals surface area contributed by atoms with Gasteiger partial charge in [-0.3, -0.25) is 4.79 Å². The number of rotatable bonds is 7. The number of amides is 1. The van der Waals surface area contributed by atoms with E-state index in [1.165, 1.54) is 16.4 Å². The van der Waals surface area contributed by atoms with Crippen LogP contribution in [0.4, 0.5) is 5.69 Å². The monoisotopic (exact) mass is 468 g/mol. The van der Waals surface area contributed by atoms with Crippen LogP contribution in [0.5, 0.6) is 0 Å². The third-order valence-electron chi connectivity index (χ3n) is 5.85. The zero-order valence-corrected chi connectivity index (χ0v) is 19.6. The lowest BCUT2D eigenvalue weighted by atomic mass is 10.0. The third kappa shape index (κ3) is 5.66. The lowest BCUT2D eigenvalue weighted by Crippen LogP contribution is -2.37. The van der Waals surface area contributed by atoms with Gasteiger partial charge in [-0.1, -0.05) is 24.6 Å². The fourth-order valence-corrected chi connectivity index (χ4v) is 5.17. The molecule has 4 rings (SSSR count). The number of piperidine rings is 1. The van der Waals surface area contributed by atoms with Crippen LogP contribution in [0.25, 0.3) is 11.5 Å². The summed E-state index contributed by atoms with van der Waals surface area (Å²) in [5.41, 5.74) is 2.51. The smallest absolute Gasteiger partial charge is 0.247 e. The molecule has 0 unspecified atom stereocenters. The number of carbonyl (C=O) groups is 1. The molecule has 0 spiro atoms. The molecule has 1 fully saturated rings. The van der Waals surface area contributed by atoms with Gasteiger partial charge < -0.3 is 9.73 Å². The predicted octanol–water partition coefficient (Wildman–Crippen LogP) is 4.04. The number of sulfonamides is 1. The second kappa shape index (κ2) is 9.84. The highest BCUT2D eigenvalue weighted by Crippen LogP contribution is 2.24. The number of benzene rings is 2. The van der Waals surface area contributed by atoms with Crippen LogP contribution < -0.4 is 5.32 Å². The Balaban J connectivity index is 1.31. The lowest BCUT2D eigenvalue weighted by Gasteiger charge is -2.29. The van der Waals surface area contributed by atoms with Crippen LogP contribution in [0.15, 0.2) is 57.8 Å². The van der Waals surface area contributed by atoms with Gasteiger partial charge >= 0.3 is 0 Å². The Kier molecular flexibility index (Phi) is 6.90. The molecule has 1 aliphatic rings. The number of aromatic nitrogens is 2. The van der Waals surface area contributed by atoms with Crippen LogP contribution in [-0.4, -0.2) is 41.9 Å². The number of nitrogens with one attached hydrogen (secondary N) is 1. The van der Waals surface area contributed by atoms with Gasteiger partial charge in [0.05, 0.1) is 4.90 Å². The normalized spacial score (nSPS) is 15.5. The number of aryl methyl sites for hydroxylation is 2. The molecule has 1 saturated heterocycles. The highest BCUT2D eigenvalue weighted by molar-refractivity contribution is 7.89. The van der Waals surface area contributed by atoms with Gasteiger partial charge in [0, 0.05) is 37.2 Å². The first-order valence-electron chi connectivity index (χ1n) is 11.1. The van der Waals surface area contributed by atoms with E-state index in [1.807, 2.05) is 31.2 Å². The second-order valence-corrected chi connectivity index (χ2v) is 10.5. The van der Waals surface area contributed by atoms with Crippen molar-refractivity contribution in [1.82, 2.24) is 14.5 Å². The largest absolute Gasteiger partial charge is 0.421 e. The van der Waals surface area contributed by atoms with E-state index in [-0.39, 0.29) is 17.2 Å². The summed E-state index contributed by atoms with van der Waals surface area (Å²) in [6.07, 6.45) is 2.23. The molecule has 0 aliphatic carbocycles. The maximum absolute atomic E-state index is 12.8. The molecule has 0 saturated carbocycles. The number of hydrogen-bond donors (Lipinski definition) is 1. The van der Waals surface area contributed by atoms with E-state index in [2.05, 4.69) is 22.4 Å². The molecule has 2 heterocycles. The molecule has 8 nitrogen and oxygen atoms in total. The quantitative estimate of drug-likeness (QED) is 0.561. The maximum atomic E-state index is 12.8. The van der Waals surface area contributed by atoms with Crippen molar-refractivity contribution in [2.75, 3.05) is 18.4 Å². The fraction of sp³-hybridized carbons (Fsp3) is 0.375. The molecule has 1 N–H and O–H groups in total. The second-order valence-electron chi connectivity index (χ2n) is 8.53. The zero-order chi connectivity index (χ0) is 23.4. The molecule has 33 heavy (non-hydrogen) atoms. The average Bonchev–Trinajstić information content (AvgIpc) is 3.28. The van der Waals surface area contributed by atoms with E-state index in [0.717, 1.165) is 24.0 Å². The standard InChI is InChI=1S/C24H28N4O4S/c1-17-3-5-19(6-4-17)24-27-26-23(32-24)12-11-22(29)25-20-7-9-21(10-8-20)33(30,31)28-15-13-18(2)14-16-28/h3-10,18H,11-16H2,1-2H3,(H,25,29). The number of hydrogen-bond acceptors (Lipinski definition) is 6. The van der Waals surface area contributed by atoms with Crippen molar-refractivity contribution in [3.63, 3.8) is 0 Å². The molecule has 1 aromatic heterocycles. The minimum atomic E-state index is -3.51. The first-order valence-corrected chi connectivity index (χ1v) is 12.5. The Labute approximate surface area is 194 Å². The Hall–Kier alpha value is -3.04. The van der Waals surface area contributed by atoms with Crippen LogP contribution >= 0.6 is 0 Å². The van der Waals surface area contributed by atoms with Crippen molar-refractivity contribution in [2.24, 2.45) is 5.92 Å². The third-order valence-corrected chi connectivity index (χ3v) is 7.76. The molecule has 0 atom stereocenters. The van der Waals surface area contributed by atoms with E-state index >= 15 is 0 Å². The molecule has 9 heteroatoms. The van der Waals surface area contributed by atoms with E-state index in [1.54, 1.807) is 12.1 Å². The SMILES string of the molecule is Cc1ccc(-c2nnc(CCC(=O)Nc3ccc(S(=O)(=O)N4CCC(C)CC4)cc3)o2)cc1. The molecule has 174 valence electrons. The molecule has 2 aromatic carbocycles. The fourth-order valence-electron chi connectivity index (χ4n) is 3.70. The van der Waals surface area contributed by atoms with Gasteiger partial charge in [-0.25, -0.2) is 8.42 Å². The van der Waals surface area contributed by atoms with Crippen molar-refractivity contribution in [2.45, 2.75) is 44.4 Å². The van der Waals surface area contributed by atoms with Crippen molar-refractivity contribution < 1.29 is 17.6 Å². The molecule has 1 aliphatic heterocycles. The topological polar surface area (TPSA) is 105 Å². The summed E-state index contributed by atoms with van der Waals surface area (Å²) in [6.45, 7) is 5.23. The van der Waals surface area contributed by atoms with Crippen molar-refractivity contribution in [1.29, 1.82) is 0 Å². The Morgan fingerprint density at radius 2 is 1.73 bits per heavy atom. The summed E-state index contributed by atoms with van der Waals surface area (Å²) in [6, 6.07) is 14.1. The van der Waals surface area contributed by atoms with Gasteiger partial charge in [0.15, 0.2) is 0 Å². The molecular weight excluding hydrogens is 440 g/mol. The van der Waals surface area contributed by atoms with E-state index in [9.17, 15) is 13.2 Å². The summed E-state index contributed by atoms with van der Waals surface area (Å²) < 4.78 is 32.8. The highest BCUT2D eigenvalue weighted by Gasteiger charge is 2.27. The maximum Gasteiger partial charge on any atom is 0.247 e. The minimum Gasteiger partial charge on any atom is -0.421 e. The summed E-state index contributed by atoms with van der Waals surface area (Å²) in [5.74, 6) is 1.14. The van der Waals surface area contributed by atoms with E-state index < -0.39 is 10.0 Å². The van der Waals surface area contributed by atoms with Crippen molar-refractivity contribution in [3.8, 4) is 11.5 Å².